The summed E-state index contributed by atoms with van der Waals surface area (Å²) in [5, 5.41) is 22.3. The van der Waals surface area contributed by atoms with Crippen LogP contribution in [0.15, 0.2) is 90.4 Å². The van der Waals surface area contributed by atoms with Crippen molar-refractivity contribution in [1.29, 1.82) is 0 Å². The molecule has 4 aromatic rings. The molecule has 1 N–H and O–H groups in total. The number of hydrogen-bond acceptors (Lipinski definition) is 9. The van der Waals surface area contributed by atoms with Crippen LogP contribution in [0.3, 0.4) is 0 Å². The SMILES string of the molecule is O=[N+]([O-])c1ccc([C@H](Nc2nncs2)P(=O)(Oc2ccccc2)Oc2ccccc2)cc1. The molecule has 0 saturated carbocycles. The Morgan fingerprint density at radius 2 is 1.47 bits per heavy atom. The molecule has 4 rings (SSSR count). The second-order valence-electron chi connectivity index (χ2n) is 6.49. The van der Waals surface area contributed by atoms with Crippen LogP contribution in [-0.2, 0) is 4.57 Å². The van der Waals surface area contributed by atoms with Gasteiger partial charge in [-0.2, -0.15) is 0 Å². The van der Waals surface area contributed by atoms with Gasteiger partial charge in [0.1, 0.15) is 17.0 Å². The summed E-state index contributed by atoms with van der Waals surface area (Å²) in [5.74, 6) is -0.341. The molecule has 0 fully saturated rings. The highest BCUT2D eigenvalue weighted by atomic mass is 32.1. The summed E-state index contributed by atoms with van der Waals surface area (Å²) in [6.07, 6.45) is 0. The van der Waals surface area contributed by atoms with Crippen molar-refractivity contribution in [3.63, 3.8) is 0 Å². The van der Waals surface area contributed by atoms with Crippen LogP contribution in [0.5, 0.6) is 11.5 Å². The Morgan fingerprint density at radius 1 is 0.906 bits per heavy atom. The van der Waals surface area contributed by atoms with Crippen LogP contribution in [0, 0.1) is 10.1 Å². The Balaban J connectivity index is 1.79. The third-order valence-electron chi connectivity index (χ3n) is 4.31. The van der Waals surface area contributed by atoms with Crippen molar-refractivity contribution in [3.8, 4) is 11.5 Å². The molecule has 1 heterocycles. The van der Waals surface area contributed by atoms with Gasteiger partial charge in [0.15, 0.2) is 5.78 Å². The fourth-order valence-corrected chi connectivity index (χ4v) is 5.32. The minimum Gasteiger partial charge on any atom is -0.414 e. The predicted octanol–water partition coefficient (Wildman–Crippen LogP) is 5.91. The number of non-ortho nitro benzene ring substituents is 1. The van der Waals surface area contributed by atoms with Crippen molar-refractivity contribution >= 4 is 29.8 Å². The van der Waals surface area contributed by atoms with Gasteiger partial charge < -0.3 is 14.4 Å². The number of para-hydroxylation sites is 2. The van der Waals surface area contributed by atoms with Crippen LogP contribution in [0.2, 0.25) is 0 Å². The minimum atomic E-state index is -4.02. The Morgan fingerprint density at radius 3 is 1.94 bits per heavy atom. The second kappa shape index (κ2) is 9.59. The first-order valence-corrected chi connectivity index (χ1v) is 11.9. The van der Waals surface area contributed by atoms with E-state index in [9.17, 15) is 14.7 Å². The molecule has 0 amide bonds. The number of nitro groups is 1. The first-order chi connectivity index (χ1) is 15.5. The molecule has 0 aliphatic carbocycles. The van der Waals surface area contributed by atoms with E-state index in [1.807, 2.05) is 12.1 Å². The quantitative estimate of drug-likeness (QED) is 0.183. The van der Waals surface area contributed by atoms with Crippen LogP contribution in [-0.4, -0.2) is 15.1 Å². The summed E-state index contributed by atoms with van der Waals surface area (Å²) in [4.78, 5) is 10.6. The van der Waals surface area contributed by atoms with E-state index in [1.165, 1.54) is 41.1 Å². The molecule has 1 aromatic heterocycles. The van der Waals surface area contributed by atoms with Gasteiger partial charge in [0.25, 0.3) is 5.69 Å². The highest BCUT2D eigenvalue weighted by molar-refractivity contribution is 7.55. The number of aromatic nitrogens is 2. The molecule has 0 aliphatic heterocycles. The lowest BCUT2D eigenvalue weighted by Gasteiger charge is -2.28. The fourth-order valence-electron chi connectivity index (χ4n) is 2.86. The Kier molecular flexibility index (Phi) is 6.44. The van der Waals surface area contributed by atoms with Gasteiger partial charge in [0, 0.05) is 12.1 Å². The molecule has 162 valence electrons. The molecular formula is C21H17N4O5PS. The summed E-state index contributed by atoms with van der Waals surface area (Å²) < 4.78 is 26.2. The number of nitrogens with zero attached hydrogens (tertiary/aromatic N) is 3. The van der Waals surface area contributed by atoms with Crippen molar-refractivity contribution < 1.29 is 18.5 Å². The molecule has 3 aromatic carbocycles. The molecule has 32 heavy (non-hydrogen) atoms. The summed E-state index contributed by atoms with van der Waals surface area (Å²) >= 11 is 1.21. The van der Waals surface area contributed by atoms with Crippen molar-refractivity contribution in [1.82, 2.24) is 10.2 Å². The number of nitro benzene ring substituents is 1. The number of anilines is 1. The standard InChI is InChI=1S/C21H17N4O5PS/c26-25(27)17-13-11-16(12-14-17)20(23-21-24-22-15-32-21)31(28,29-18-7-3-1-4-8-18)30-19-9-5-2-6-10-19/h1-15,20H,(H,23,24)/t20-/m1/s1. The largest absolute Gasteiger partial charge is 0.457 e. The second-order valence-corrected chi connectivity index (χ2v) is 9.28. The van der Waals surface area contributed by atoms with Gasteiger partial charge in [-0.05, 0) is 42.0 Å². The predicted molar refractivity (Wildman–Crippen MR) is 121 cm³/mol. The van der Waals surface area contributed by atoms with E-state index in [-0.39, 0.29) is 5.69 Å². The zero-order valence-corrected chi connectivity index (χ0v) is 18.2. The molecule has 1 atom stereocenters. The van der Waals surface area contributed by atoms with Crippen LogP contribution >= 0.6 is 18.9 Å². The maximum Gasteiger partial charge on any atom is 0.457 e. The molecule has 11 heteroatoms. The lowest BCUT2D eigenvalue weighted by Crippen LogP contribution is -2.18. The van der Waals surface area contributed by atoms with Crippen LogP contribution < -0.4 is 14.4 Å². The van der Waals surface area contributed by atoms with Crippen molar-refractivity contribution in [2.45, 2.75) is 5.78 Å². The maximum atomic E-state index is 14.3. The van der Waals surface area contributed by atoms with Crippen LogP contribution in [0.4, 0.5) is 10.8 Å². The normalized spacial score (nSPS) is 12.0. The molecule has 0 aliphatic rings. The van der Waals surface area contributed by atoms with Gasteiger partial charge in [-0.1, -0.05) is 47.7 Å². The smallest absolute Gasteiger partial charge is 0.414 e. The summed E-state index contributed by atoms with van der Waals surface area (Å²) in [5.41, 5.74) is 1.89. The molecule has 0 spiro atoms. The highest BCUT2D eigenvalue weighted by Crippen LogP contribution is 2.60. The Hall–Kier alpha value is -3.75. The van der Waals surface area contributed by atoms with Crippen molar-refractivity contribution in [2.24, 2.45) is 0 Å². The van der Waals surface area contributed by atoms with Crippen molar-refractivity contribution in [2.75, 3.05) is 5.32 Å². The van der Waals surface area contributed by atoms with Gasteiger partial charge in [-0.25, -0.2) is 4.57 Å². The van der Waals surface area contributed by atoms with E-state index in [1.54, 1.807) is 48.5 Å². The van der Waals surface area contributed by atoms with Gasteiger partial charge in [-0.3, -0.25) is 10.1 Å². The molecule has 0 saturated heterocycles. The van der Waals surface area contributed by atoms with Gasteiger partial charge in [-0.15, -0.1) is 10.2 Å². The van der Waals surface area contributed by atoms with Gasteiger partial charge >= 0.3 is 7.60 Å². The van der Waals surface area contributed by atoms with E-state index in [2.05, 4.69) is 15.5 Å². The minimum absolute atomic E-state index is 0.0915. The molecule has 0 bridgehead atoms. The van der Waals surface area contributed by atoms with E-state index in [4.69, 9.17) is 9.05 Å². The molecule has 0 radical (unpaired) electrons. The van der Waals surface area contributed by atoms with Crippen LogP contribution in [0.25, 0.3) is 0 Å². The third-order valence-corrected chi connectivity index (χ3v) is 6.92. The number of hydrogen-bond donors (Lipinski definition) is 1. The highest BCUT2D eigenvalue weighted by Gasteiger charge is 2.41. The van der Waals surface area contributed by atoms with Crippen LogP contribution in [0.1, 0.15) is 11.3 Å². The van der Waals surface area contributed by atoms with E-state index in [0.717, 1.165) is 0 Å². The number of rotatable bonds is 9. The van der Waals surface area contributed by atoms with E-state index >= 15 is 0 Å². The first-order valence-electron chi connectivity index (χ1n) is 9.39. The monoisotopic (exact) mass is 468 g/mol. The van der Waals surface area contributed by atoms with Gasteiger partial charge in [0.05, 0.1) is 4.92 Å². The average Bonchev–Trinajstić information content (AvgIpc) is 3.32. The summed E-state index contributed by atoms with van der Waals surface area (Å²) in [6, 6.07) is 23.0. The fraction of sp³-hybridized carbons (Fsp3) is 0.0476. The van der Waals surface area contributed by atoms with E-state index < -0.39 is 18.3 Å². The lowest BCUT2D eigenvalue weighted by molar-refractivity contribution is -0.384. The van der Waals surface area contributed by atoms with Crippen molar-refractivity contribution in [3.05, 3.63) is 106 Å². The first kappa shape index (κ1) is 21.5. The maximum absolute atomic E-state index is 14.3. The van der Waals surface area contributed by atoms with Gasteiger partial charge in [0.2, 0.25) is 5.13 Å². The molecule has 9 nitrogen and oxygen atoms in total. The summed E-state index contributed by atoms with van der Waals surface area (Å²) in [6.45, 7) is 0. The zero-order chi connectivity index (χ0) is 22.4. The Labute approximate surface area is 187 Å². The number of nitrogens with one attached hydrogen (secondary N) is 1. The van der Waals surface area contributed by atoms with E-state index in [0.29, 0.717) is 22.2 Å². The topological polar surface area (TPSA) is 116 Å². The molecular weight excluding hydrogens is 451 g/mol. The zero-order valence-electron chi connectivity index (χ0n) is 16.5. The summed E-state index contributed by atoms with van der Waals surface area (Å²) in [7, 11) is -4.02. The lowest BCUT2D eigenvalue weighted by atomic mass is 10.2. The molecule has 0 unspecified atom stereocenters. The Bertz CT molecular complexity index is 1160. The third kappa shape index (κ3) is 5.11. The average molecular weight is 468 g/mol. The number of benzene rings is 3.